The quantitative estimate of drug-likeness (QED) is 0.148. The third kappa shape index (κ3) is 5.42. The van der Waals surface area contributed by atoms with Gasteiger partial charge in [0.05, 0.1) is 35.8 Å². The number of esters is 1. The second kappa shape index (κ2) is 13.0. The first-order chi connectivity index (χ1) is 19.9. The summed E-state index contributed by atoms with van der Waals surface area (Å²) in [7, 11) is 0. The molecule has 1 aromatic carbocycles. The molecule has 3 unspecified atom stereocenters. The number of halogens is 1. The second-order valence-corrected chi connectivity index (χ2v) is 14.4. The van der Waals surface area contributed by atoms with Gasteiger partial charge in [-0.05, 0) is 37.7 Å². The van der Waals surface area contributed by atoms with E-state index in [-0.39, 0.29) is 47.1 Å². The van der Waals surface area contributed by atoms with Crippen LogP contribution in [-0.2, 0) is 19.1 Å². The fourth-order valence-corrected chi connectivity index (χ4v) is 11.2. The molecule has 9 heteroatoms. The highest BCUT2D eigenvalue weighted by Gasteiger charge is 2.77. The van der Waals surface area contributed by atoms with Gasteiger partial charge in [0.2, 0.25) is 11.8 Å². The molecule has 7 atom stereocenters. The first kappa shape index (κ1) is 30.4. The molecule has 0 radical (unpaired) electrons. The molecule has 1 saturated carbocycles. The van der Waals surface area contributed by atoms with Gasteiger partial charge in [-0.1, -0.05) is 77.7 Å². The summed E-state index contributed by atoms with van der Waals surface area (Å²) in [6.45, 7) is 8.02. The fourth-order valence-electron chi connectivity index (χ4n) is 7.59. The minimum atomic E-state index is -0.812. The molecule has 1 aliphatic carbocycles. The molecule has 7 nitrogen and oxygen atoms in total. The van der Waals surface area contributed by atoms with Gasteiger partial charge >= 0.3 is 5.97 Å². The van der Waals surface area contributed by atoms with Crippen LogP contribution >= 0.6 is 27.7 Å². The number of ether oxygens (including phenoxy) is 1. The number of allylic oxidation sites excluding steroid dienone is 1. The molecule has 2 amide bonds. The summed E-state index contributed by atoms with van der Waals surface area (Å²) in [5.74, 6) is -2.07. The number of nitrogens with zero attached hydrogens (tertiary/aromatic N) is 2. The van der Waals surface area contributed by atoms with Crippen LogP contribution in [0.4, 0.5) is 0 Å². The van der Waals surface area contributed by atoms with Gasteiger partial charge < -0.3 is 19.6 Å². The number of fused-ring (bicyclic) bond motifs is 1. The number of amides is 2. The van der Waals surface area contributed by atoms with E-state index < -0.39 is 28.7 Å². The molecule has 1 N–H and O–H groups in total. The zero-order valence-corrected chi connectivity index (χ0v) is 25.9. The van der Waals surface area contributed by atoms with Crippen LogP contribution in [0.2, 0.25) is 0 Å². The zero-order chi connectivity index (χ0) is 29.1. The summed E-state index contributed by atoms with van der Waals surface area (Å²) in [6, 6.07) is 7.97. The molecule has 3 aliphatic heterocycles. The summed E-state index contributed by atoms with van der Waals surface area (Å²) >= 11 is 5.43. The largest absolute Gasteiger partial charge is 0.465 e. The Labute approximate surface area is 255 Å². The Morgan fingerprint density at radius 3 is 2.59 bits per heavy atom. The van der Waals surface area contributed by atoms with E-state index in [0.717, 1.165) is 44.1 Å². The molecule has 0 aromatic heterocycles. The van der Waals surface area contributed by atoms with Crippen LogP contribution in [0.25, 0.3) is 0 Å². The minimum absolute atomic E-state index is 0.0376. The van der Waals surface area contributed by atoms with E-state index in [4.69, 9.17) is 4.74 Å². The van der Waals surface area contributed by atoms with Crippen molar-refractivity contribution in [1.29, 1.82) is 0 Å². The highest BCUT2D eigenvalue weighted by molar-refractivity contribution is 9.09. The number of aliphatic hydroxyl groups is 1. The van der Waals surface area contributed by atoms with Crippen LogP contribution in [-0.4, -0.2) is 79.4 Å². The molecule has 1 spiro atoms. The number of aliphatic hydroxyl groups excluding tert-OH is 1. The Bertz CT molecular complexity index is 1140. The van der Waals surface area contributed by atoms with Crippen molar-refractivity contribution in [2.45, 2.75) is 84.3 Å². The third-order valence-electron chi connectivity index (χ3n) is 9.35. The van der Waals surface area contributed by atoms with Gasteiger partial charge in [0.25, 0.3) is 0 Å². The average Bonchev–Trinajstić information content (AvgIpc) is 3.58. The SMILES string of the molecule is C=CCCCOC(=O)[C@H]1[C@H]2C(=O)N([C@H](CO)c3ccccc3)C(C(=O)N(CC=C)C3CCCCC3)C23CC(Br)[C@@H]1S3. The lowest BCUT2D eigenvalue weighted by atomic mass is 9.71. The highest BCUT2D eigenvalue weighted by atomic mass is 79.9. The van der Waals surface area contributed by atoms with Crippen molar-refractivity contribution in [3.63, 3.8) is 0 Å². The smallest absolute Gasteiger partial charge is 0.310 e. The summed E-state index contributed by atoms with van der Waals surface area (Å²) in [5.41, 5.74) is 0.768. The topological polar surface area (TPSA) is 87.1 Å². The number of hydrogen-bond donors (Lipinski definition) is 1. The Morgan fingerprint density at radius 1 is 1.20 bits per heavy atom. The maximum Gasteiger partial charge on any atom is 0.310 e. The van der Waals surface area contributed by atoms with Crippen molar-refractivity contribution in [2.24, 2.45) is 11.8 Å². The number of rotatable bonds is 12. The van der Waals surface area contributed by atoms with Gasteiger partial charge in [-0.2, -0.15) is 0 Å². The van der Waals surface area contributed by atoms with E-state index >= 15 is 0 Å². The van der Waals surface area contributed by atoms with Crippen molar-refractivity contribution in [1.82, 2.24) is 9.80 Å². The van der Waals surface area contributed by atoms with Crippen molar-refractivity contribution < 1.29 is 24.2 Å². The monoisotopic (exact) mass is 644 g/mol. The summed E-state index contributed by atoms with van der Waals surface area (Å²) in [5, 5.41) is 10.6. The summed E-state index contributed by atoms with van der Waals surface area (Å²) in [6.07, 6.45) is 10.7. The molecule has 4 fully saturated rings. The Balaban J connectivity index is 1.57. The second-order valence-electron chi connectivity index (χ2n) is 11.7. The van der Waals surface area contributed by atoms with Crippen molar-refractivity contribution >= 4 is 45.5 Å². The molecule has 3 heterocycles. The summed E-state index contributed by atoms with van der Waals surface area (Å²) < 4.78 is 4.92. The molecule has 222 valence electrons. The van der Waals surface area contributed by atoms with Gasteiger partial charge in [0.1, 0.15) is 6.04 Å². The standard InChI is InChI=1S/C32H41BrN2O5S/c1-3-5-12-18-40-31(39)25-26-29(37)35(24(20-36)21-13-8-6-9-14-21)28(32(26)19-23(33)27(25)41-32)30(38)34(17-4-2)22-15-10-7-11-16-22/h3-4,6,8-9,13-14,22-28,36H,1-2,5,7,10-12,15-20H2/t23?,24-,25+,26+,27+,28?,32?/m1/s1. The van der Waals surface area contributed by atoms with Gasteiger partial charge in [0.15, 0.2) is 0 Å². The number of carbonyl (C=O) groups is 3. The van der Waals surface area contributed by atoms with Crippen LogP contribution in [0.3, 0.4) is 0 Å². The highest BCUT2D eigenvalue weighted by Crippen LogP contribution is 2.68. The number of hydrogen-bond acceptors (Lipinski definition) is 6. The van der Waals surface area contributed by atoms with Crippen LogP contribution < -0.4 is 0 Å². The molecule has 4 aliphatic rings. The van der Waals surface area contributed by atoms with Gasteiger partial charge in [-0.25, -0.2) is 0 Å². The number of benzene rings is 1. The van der Waals surface area contributed by atoms with Crippen molar-refractivity contribution in [3.8, 4) is 0 Å². The molecule has 3 saturated heterocycles. The Morgan fingerprint density at radius 2 is 1.93 bits per heavy atom. The number of likely N-dealkylation sites (tertiary alicyclic amines) is 1. The van der Waals surface area contributed by atoms with Crippen molar-refractivity contribution in [3.05, 3.63) is 61.2 Å². The lowest BCUT2D eigenvalue weighted by Crippen LogP contribution is -2.58. The van der Waals surface area contributed by atoms with E-state index in [2.05, 4.69) is 29.1 Å². The normalized spacial score (nSPS) is 31.5. The molecule has 5 rings (SSSR count). The van der Waals surface area contributed by atoms with Crippen LogP contribution in [0, 0.1) is 11.8 Å². The third-order valence-corrected chi connectivity index (χ3v) is 12.6. The van der Waals surface area contributed by atoms with E-state index in [1.165, 1.54) is 0 Å². The zero-order valence-electron chi connectivity index (χ0n) is 23.5. The Kier molecular flexibility index (Phi) is 9.66. The maximum absolute atomic E-state index is 14.8. The van der Waals surface area contributed by atoms with Gasteiger partial charge in [0, 0.05) is 22.7 Å². The molecule has 1 aromatic rings. The predicted octanol–water partition coefficient (Wildman–Crippen LogP) is 5.04. The first-order valence-electron chi connectivity index (χ1n) is 14.9. The van der Waals surface area contributed by atoms with E-state index in [1.807, 2.05) is 35.2 Å². The van der Waals surface area contributed by atoms with Gasteiger partial charge in [-0.3, -0.25) is 14.4 Å². The number of unbranched alkanes of at least 4 members (excludes halogenated alkanes) is 1. The van der Waals surface area contributed by atoms with Crippen LogP contribution in [0.5, 0.6) is 0 Å². The van der Waals surface area contributed by atoms with E-state index in [9.17, 15) is 19.5 Å². The average molecular weight is 646 g/mol. The number of carbonyl (C=O) groups excluding carboxylic acids is 3. The Hall–Kier alpha value is -2.10. The van der Waals surface area contributed by atoms with Crippen LogP contribution in [0.1, 0.15) is 63.0 Å². The first-order valence-corrected chi connectivity index (χ1v) is 16.7. The fraction of sp³-hybridized carbons (Fsp3) is 0.594. The maximum atomic E-state index is 14.8. The van der Waals surface area contributed by atoms with E-state index in [1.54, 1.807) is 28.8 Å². The minimum Gasteiger partial charge on any atom is -0.465 e. The lowest BCUT2D eigenvalue weighted by Gasteiger charge is -2.42. The predicted molar refractivity (Wildman–Crippen MR) is 164 cm³/mol. The number of thioether (sulfide) groups is 1. The number of alkyl halides is 1. The molecular formula is C32H41BrN2O5S. The molecule has 41 heavy (non-hydrogen) atoms. The van der Waals surface area contributed by atoms with Crippen LogP contribution in [0.15, 0.2) is 55.6 Å². The lowest BCUT2D eigenvalue weighted by molar-refractivity contribution is -0.154. The van der Waals surface area contributed by atoms with Crippen molar-refractivity contribution in [2.75, 3.05) is 19.8 Å². The summed E-state index contributed by atoms with van der Waals surface area (Å²) in [4.78, 5) is 46.5. The molecule has 2 bridgehead atoms. The molecular weight excluding hydrogens is 604 g/mol. The van der Waals surface area contributed by atoms with E-state index in [0.29, 0.717) is 19.4 Å². The van der Waals surface area contributed by atoms with Gasteiger partial charge in [-0.15, -0.1) is 24.9 Å².